The lowest BCUT2D eigenvalue weighted by atomic mass is 10.1. The first-order valence-electron chi connectivity index (χ1n) is 6.71. The number of hydrogen-bond acceptors (Lipinski definition) is 2. The molecule has 0 aliphatic rings. The third-order valence-electron chi connectivity index (χ3n) is 3.36. The van der Waals surface area contributed by atoms with Crippen LogP contribution in [0.4, 0.5) is 0 Å². The van der Waals surface area contributed by atoms with Crippen LogP contribution in [0, 0.1) is 6.92 Å². The first-order valence-corrected chi connectivity index (χ1v) is 6.71. The predicted octanol–water partition coefficient (Wildman–Crippen LogP) is 2.35. The molecule has 0 aliphatic heterocycles. The lowest BCUT2D eigenvalue weighted by Gasteiger charge is -2.07. The third kappa shape index (κ3) is 3.12. The molecule has 1 aromatic heterocycles. The van der Waals surface area contributed by atoms with Crippen LogP contribution in [0.2, 0.25) is 0 Å². The first kappa shape index (κ1) is 13.1. The zero-order valence-electron chi connectivity index (χ0n) is 11.3. The lowest BCUT2D eigenvalue weighted by Crippen LogP contribution is -2.25. The van der Waals surface area contributed by atoms with Crippen LogP contribution in [-0.2, 0) is 6.42 Å². The summed E-state index contributed by atoms with van der Waals surface area (Å²) in [6.45, 7) is 6.21. The second-order valence-corrected chi connectivity index (χ2v) is 5.04. The largest absolute Gasteiger partial charge is 0.358 e. The van der Waals surface area contributed by atoms with Gasteiger partial charge in [-0.25, -0.2) is 0 Å². The van der Waals surface area contributed by atoms with Crippen LogP contribution in [0.1, 0.15) is 24.6 Å². The molecule has 18 heavy (non-hydrogen) atoms. The minimum atomic E-state index is 0.285. The van der Waals surface area contributed by atoms with E-state index in [0.717, 1.165) is 25.9 Å². The Balaban J connectivity index is 1.93. The molecule has 0 saturated carbocycles. The number of nitrogens with two attached hydrogens (primary N) is 1. The van der Waals surface area contributed by atoms with Crippen LogP contribution >= 0.6 is 0 Å². The normalized spacial score (nSPS) is 13.1. The molecule has 1 heterocycles. The second-order valence-electron chi connectivity index (χ2n) is 5.04. The molecule has 1 aromatic carbocycles. The van der Waals surface area contributed by atoms with E-state index in [9.17, 15) is 0 Å². The fraction of sp³-hybridized carbons (Fsp3) is 0.467. The zero-order chi connectivity index (χ0) is 13.0. The molecule has 0 radical (unpaired) electrons. The van der Waals surface area contributed by atoms with Crippen molar-refractivity contribution in [3.05, 3.63) is 35.5 Å². The molecular formula is C15H23N3. The molecule has 0 bridgehead atoms. The van der Waals surface area contributed by atoms with Gasteiger partial charge in [-0.15, -0.1) is 0 Å². The maximum atomic E-state index is 5.72. The average molecular weight is 245 g/mol. The van der Waals surface area contributed by atoms with Crippen molar-refractivity contribution in [2.24, 2.45) is 5.73 Å². The summed E-state index contributed by atoms with van der Waals surface area (Å²) in [5, 5.41) is 4.80. The number of rotatable bonds is 6. The van der Waals surface area contributed by atoms with Gasteiger partial charge in [-0.2, -0.15) is 0 Å². The first-order chi connectivity index (χ1) is 8.68. The van der Waals surface area contributed by atoms with Crippen molar-refractivity contribution >= 4 is 10.9 Å². The molecule has 2 aromatic rings. The molecule has 0 amide bonds. The molecule has 0 aliphatic carbocycles. The Kier molecular flexibility index (Phi) is 4.39. The number of para-hydroxylation sites is 1. The minimum absolute atomic E-state index is 0.285. The summed E-state index contributed by atoms with van der Waals surface area (Å²) in [5.74, 6) is 0. The summed E-state index contributed by atoms with van der Waals surface area (Å²) in [6, 6.07) is 8.78. The van der Waals surface area contributed by atoms with Gasteiger partial charge >= 0.3 is 0 Å². The van der Waals surface area contributed by atoms with Crippen LogP contribution in [0.25, 0.3) is 10.9 Å². The Morgan fingerprint density at radius 1 is 1.28 bits per heavy atom. The Morgan fingerprint density at radius 2 is 2.06 bits per heavy atom. The summed E-state index contributed by atoms with van der Waals surface area (Å²) >= 11 is 0. The highest BCUT2D eigenvalue weighted by Gasteiger charge is 2.06. The summed E-state index contributed by atoms with van der Waals surface area (Å²) in [7, 11) is 0. The molecule has 4 N–H and O–H groups in total. The van der Waals surface area contributed by atoms with E-state index >= 15 is 0 Å². The minimum Gasteiger partial charge on any atom is -0.358 e. The number of aromatic nitrogens is 1. The molecule has 98 valence electrons. The van der Waals surface area contributed by atoms with E-state index in [-0.39, 0.29) is 6.04 Å². The summed E-state index contributed by atoms with van der Waals surface area (Å²) in [6.07, 6.45) is 2.10. The highest BCUT2D eigenvalue weighted by Crippen LogP contribution is 2.21. The van der Waals surface area contributed by atoms with Gasteiger partial charge in [-0.1, -0.05) is 18.2 Å². The molecule has 0 fully saturated rings. The van der Waals surface area contributed by atoms with Crippen molar-refractivity contribution in [3.8, 4) is 0 Å². The van der Waals surface area contributed by atoms with Crippen molar-refractivity contribution in [2.75, 3.05) is 13.1 Å². The number of aryl methyl sites for hydroxylation is 1. The molecular weight excluding hydrogens is 222 g/mol. The van der Waals surface area contributed by atoms with E-state index in [1.165, 1.54) is 22.2 Å². The topological polar surface area (TPSA) is 53.8 Å². The van der Waals surface area contributed by atoms with Crippen LogP contribution in [0.5, 0.6) is 0 Å². The number of H-pyrrole nitrogens is 1. The summed E-state index contributed by atoms with van der Waals surface area (Å²) in [4.78, 5) is 3.44. The van der Waals surface area contributed by atoms with Crippen molar-refractivity contribution in [2.45, 2.75) is 32.7 Å². The van der Waals surface area contributed by atoms with Crippen molar-refractivity contribution < 1.29 is 0 Å². The van der Waals surface area contributed by atoms with Crippen LogP contribution in [-0.4, -0.2) is 24.1 Å². The molecule has 1 unspecified atom stereocenters. The van der Waals surface area contributed by atoms with Crippen LogP contribution < -0.4 is 11.1 Å². The number of fused-ring (bicyclic) bond motifs is 1. The second kappa shape index (κ2) is 6.03. The van der Waals surface area contributed by atoms with Crippen LogP contribution in [0.15, 0.2) is 24.3 Å². The zero-order valence-corrected chi connectivity index (χ0v) is 11.3. The number of hydrogen-bond donors (Lipinski definition) is 3. The van der Waals surface area contributed by atoms with E-state index in [4.69, 9.17) is 5.73 Å². The Bertz CT molecular complexity index is 499. The number of aromatic amines is 1. The fourth-order valence-electron chi connectivity index (χ4n) is 2.33. The summed E-state index contributed by atoms with van der Waals surface area (Å²) in [5.41, 5.74) is 9.67. The van der Waals surface area contributed by atoms with Gasteiger partial charge in [0.2, 0.25) is 0 Å². The number of nitrogens with one attached hydrogen (secondary N) is 2. The maximum Gasteiger partial charge on any atom is 0.0458 e. The van der Waals surface area contributed by atoms with Crippen molar-refractivity contribution in [1.82, 2.24) is 10.3 Å². The molecule has 3 heteroatoms. The molecule has 3 nitrogen and oxygen atoms in total. The van der Waals surface area contributed by atoms with Gasteiger partial charge in [0, 0.05) is 22.6 Å². The van der Waals surface area contributed by atoms with Gasteiger partial charge in [0.15, 0.2) is 0 Å². The van der Waals surface area contributed by atoms with Gasteiger partial charge in [-0.05, 0) is 51.4 Å². The van der Waals surface area contributed by atoms with Crippen molar-refractivity contribution in [1.29, 1.82) is 0 Å². The standard InChI is InChI=1S/C15H23N3/c1-11(16)7-9-17-10-8-13-12(2)18-15-6-4-3-5-14(13)15/h3-6,11,17-18H,7-10,16H2,1-2H3. The van der Waals surface area contributed by atoms with E-state index < -0.39 is 0 Å². The fourth-order valence-corrected chi connectivity index (χ4v) is 2.33. The quantitative estimate of drug-likeness (QED) is 0.684. The van der Waals surface area contributed by atoms with E-state index in [1.807, 2.05) is 6.92 Å². The highest BCUT2D eigenvalue weighted by atomic mass is 14.9. The Morgan fingerprint density at radius 3 is 2.83 bits per heavy atom. The van der Waals surface area contributed by atoms with E-state index in [0.29, 0.717) is 0 Å². The number of benzene rings is 1. The van der Waals surface area contributed by atoms with Gasteiger partial charge in [-0.3, -0.25) is 0 Å². The maximum absolute atomic E-state index is 5.72. The third-order valence-corrected chi connectivity index (χ3v) is 3.36. The van der Waals surface area contributed by atoms with Gasteiger partial charge in [0.05, 0.1) is 0 Å². The van der Waals surface area contributed by atoms with Gasteiger partial charge in [0.25, 0.3) is 0 Å². The van der Waals surface area contributed by atoms with Crippen LogP contribution in [0.3, 0.4) is 0 Å². The average Bonchev–Trinajstić information content (AvgIpc) is 2.65. The van der Waals surface area contributed by atoms with E-state index in [1.54, 1.807) is 0 Å². The molecule has 2 rings (SSSR count). The summed E-state index contributed by atoms with van der Waals surface area (Å²) < 4.78 is 0. The highest BCUT2D eigenvalue weighted by molar-refractivity contribution is 5.84. The van der Waals surface area contributed by atoms with Gasteiger partial charge in [0.1, 0.15) is 0 Å². The Labute approximate surface area is 109 Å². The molecule has 0 spiro atoms. The lowest BCUT2D eigenvalue weighted by molar-refractivity contribution is 0.590. The Hall–Kier alpha value is -1.32. The van der Waals surface area contributed by atoms with Crippen molar-refractivity contribution in [3.63, 3.8) is 0 Å². The SMILES string of the molecule is Cc1[nH]c2ccccc2c1CCNCCC(C)N. The molecule has 1 atom stereocenters. The monoisotopic (exact) mass is 245 g/mol. The molecule has 0 saturated heterocycles. The van der Waals surface area contributed by atoms with Gasteiger partial charge < -0.3 is 16.0 Å². The smallest absolute Gasteiger partial charge is 0.0458 e. The predicted molar refractivity (Wildman–Crippen MR) is 77.9 cm³/mol. The van der Waals surface area contributed by atoms with E-state index in [2.05, 4.69) is 41.5 Å².